The van der Waals surface area contributed by atoms with Gasteiger partial charge in [0, 0.05) is 18.4 Å². The summed E-state index contributed by atoms with van der Waals surface area (Å²) in [5.74, 6) is -0.255. The number of methoxy groups -OCH3 is 1. The maximum atomic E-state index is 11.2. The van der Waals surface area contributed by atoms with Gasteiger partial charge in [-0.1, -0.05) is 18.2 Å². The molecule has 1 aromatic carbocycles. The summed E-state index contributed by atoms with van der Waals surface area (Å²) >= 11 is 0. The topological polar surface area (TPSA) is 47.6 Å². The molecule has 4 heteroatoms. The molecule has 0 amide bonds. The van der Waals surface area contributed by atoms with E-state index in [1.54, 1.807) is 14.0 Å². The van der Waals surface area contributed by atoms with Gasteiger partial charge in [-0.2, -0.15) is 0 Å². The molecule has 0 aliphatic heterocycles. The van der Waals surface area contributed by atoms with Crippen molar-refractivity contribution >= 4 is 11.7 Å². The van der Waals surface area contributed by atoms with Gasteiger partial charge in [0.2, 0.25) is 0 Å². The number of benzene rings is 1. The third-order valence-electron chi connectivity index (χ3n) is 2.05. The second-order valence-corrected chi connectivity index (χ2v) is 3.25. The zero-order valence-corrected chi connectivity index (χ0v) is 9.66. The highest BCUT2D eigenvalue weighted by Crippen LogP contribution is 2.15. The Kier molecular flexibility index (Phi) is 5.36. The van der Waals surface area contributed by atoms with Crippen LogP contribution in [0, 0.1) is 0 Å². The van der Waals surface area contributed by atoms with E-state index in [1.807, 2.05) is 24.3 Å². The molecular weight excluding hydrogens is 206 g/mol. The molecule has 0 radical (unpaired) electrons. The summed E-state index contributed by atoms with van der Waals surface area (Å²) in [6.07, 6.45) is 0. The van der Waals surface area contributed by atoms with Crippen molar-refractivity contribution in [1.82, 2.24) is 0 Å². The van der Waals surface area contributed by atoms with Crippen LogP contribution in [0.3, 0.4) is 0 Å². The molecule has 1 rings (SSSR count). The second kappa shape index (κ2) is 6.85. The maximum absolute atomic E-state index is 11.2. The summed E-state index contributed by atoms with van der Waals surface area (Å²) in [6.45, 7) is 2.89. The fourth-order valence-electron chi connectivity index (χ4n) is 1.35. The Bertz CT molecular complexity index is 339. The number of esters is 1. The van der Waals surface area contributed by atoms with Crippen LogP contribution in [0.15, 0.2) is 24.3 Å². The van der Waals surface area contributed by atoms with E-state index in [-0.39, 0.29) is 12.5 Å². The summed E-state index contributed by atoms with van der Waals surface area (Å²) < 4.78 is 9.90. The van der Waals surface area contributed by atoms with E-state index in [9.17, 15) is 4.79 Å². The quantitative estimate of drug-likeness (QED) is 0.747. The van der Waals surface area contributed by atoms with Crippen molar-refractivity contribution in [3.63, 3.8) is 0 Å². The summed E-state index contributed by atoms with van der Waals surface area (Å²) in [7, 11) is 1.64. The van der Waals surface area contributed by atoms with Gasteiger partial charge in [0.05, 0.1) is 13.2 Å². The normalized spacial score (nSPS) is 9.88. The maximum Gasteiger partial charge on any atom is 0.325 e. The van der Waals surface area contributed by atoms with Crippen LogP contribution >= 0.6 is 0 Å². The second-order valence-electron chi connectivity index (χ2n) is 3.25. The first-order valence-electron chi connectivity index (χ1n) is 5.24. The molecule has 1 aromatic rings. The van der Waals surface area contributed by atoms with Crippen molar-refractivity contribution in [3.8, 4) is 0 Å². The van der Waals surface area contributed by atoms with Gasteiger partial charge in [-0.25, -0.2) is 0 Å². The van der Waals surface area contributed by atoms with Gasteiger partial charge in [-0.3, -0.25) is 4.79 Å². The van der Waals surface area contributed by atoms with E-state index in [0.29, 0.717) is 13.2 Å². The van der Waals surface area contributed by atoms with E-state index in [0.717, 1.165) is 11.3 Å². The highest BCUT2D eigenvalue weighted by atomic mass is 16.5. The molecule has 16 heavy (non-hydrogen) atoms. The molecule has 0 atom stereocenters. The average Bonchev–Trinajstić information content (AvgIpc) is 2.29. The molecule has 1 N–H and O–H groups in total. The lowest BCUT2D eigenvalue weighted by Crippen LogP contribution is -2.17. The van der Waals surface area contributed by atoms with E-state index in [2.05, 4.69) is 5.32 Å². The number of para-hydroxylation sites is 1. The number of hydrogen-bond acceptors (Lipinski definition) is 4. The molecule has 0 fully saturated rings. The van der Waals surface area contributed by atoms with Crippen molar-refractivity contribution in [2.24, 2.45) is 0 Å². The molecule has 0 spiro atoms. The molecule has 0 aliphatic carbocycles. The predicted molar refractivity (Wildman–Crippen MR) is 62.3 cm³/mol. The van der Waals surface area contributed by atoms with Crippen LogP contribution in [0.25, 0.3) is 0 Å². The van der Waals surface area contributed by atoms with E-state index >= 15 is 0 Å². The fraction of sp³-hybridized carbons (Fsp3) is 0.417. The van der Waals surface area contributed by atoms with Crippen LogP contribution in [0.5, 0.6) is 0 Å². The molecule has 0 bridgehead atoms. The van der Waals surface area contributed by atoms with E-state index in [1.165, 1.54) is 0 Å². The first-order valence-corrected chi connectivity index (χ1v) is 5.24. The van der Waals surface area contributed by atoms with Gasteiger partial charge < -0.3 is 14.8 Å². The van der Waals surface area contributed by atoms with Crippen LogP contribution < -0.4 is 5.32 Å². The molecular formula is C12H17NO3. The minimum atomic E-state index is -0.255. The molecule has 0 saturated carbocycles. The Hall–Kier alpha value is -1.55. The first-order chi connectivity index (χ1) is 7.77. The fourth-order valence-corrected chi connectivity index (χ4v) is 1.35. The van der Waals surface area contributed by atoms with Crippen molar-refractivity contribution in [3.05, 3.63) is 29.8 Å². The Balaban J connectivity index is 2.55. The molecule has 0 aromatic heterocycles. The number of anilines is 1. The monoisotopic (exact) mass is 223 g/mol. The molecule has 0 aliphatic rings. The molecule has 0 unspecified atom stereocenters. The lowest BCUT2D eigenvalue weighted by atomic mass is 10.2. The van der Waals surface area contributed by atoms with Gasteiger partial charge in [0.25, 0.3) is 0 Å². The third kappa shape index (κ3) is 3.90. The first kappa shape index (κ1) is 12.5. The molecule has 88 valence electrons. The van der Waals surface area contributed by atoms with Crippen molar-refractivity contribution in [2.45, 2.75) is 13.5 Å². The molecule has 0 heterocycles. The van der Waals surface area contributed by atoms with E-state index < -0.39 is 0 Å². The average molecular weight is 223 g/mol. The standard InChI is InChI=1S/C12H17NO3/c1-3-16-12(14)8-13-11-7-5-4-6-10(11)9-15-2/h4-7,13H,3,8-9H2,1-2H3. The van der Waals surface area contributed by atoms with Gasteiger partial charge >= 0.3 is 5.97 Å². The smallest absolute Gasteiger partial charge is 0.325 e. The summed E-state index contributed by atoms with van der Waals surface area (Å²) in [5, 5.41) is 3.03. The van der Waals surface area contributed by atoms with Crippen LogP contribution in [0.4, 0.5) is 5.69 Å². The van der Waals surface area contributed by atoms with Crippen molar-refractivity contribution in [1.29, 1.82) is 0 Å². The number of nitrogens with one attached hydrogen (secondary N) is 1. The number of carbonyl (C=O) groups excluding carboxylic acids is 1. The number of hydrogen-bond donors (Lipinski definition) is 1. The molecule has 4 nitrogen and oxygen atoms in total. The lowest BCUT2D eigenvalue weighted by molar-refractivity contribution is -0.140. The van der Waals surface area contributed by atoms with Crippen LogP contribution in [-0.4, -0.2) is 26.2 Å². The zero-order valence-electron chi connectivity index (χ0n) is 9.66. The van der Waals surface area contributed by atoms with Crippen molar-refractivity contribution in [2.75, 3.05) is 25.6 Å². The van der Waals surface area contributed by atoms with E-state index in [4.69, 9.17) is 9.47 Å². The molecule has 0 saturated heterocycles. The highest BCUT2D eigenvalue weighted by molar-refractivity contribution is 5.75. The SMILES string of the molecule is CCOC(=O)CNc1ccccc1COC. The van der Waals surface area contributed by atoms with Crippen LogP contribution in [0.1, 0.15) is 12.5 Å². The largest absolute Gasteiger partial charge is 0.465 e. The minimum absolute atomic E-state index is 0.175. The Labute approximate surface area is 95.6 Å². The summed E-state index contributed by atoms with van der Waals surface area (Å²) in [6, 6.07) is 7.71. The Morgan fingerprint density at radius 2 is 2.12 bits per heavy atom. The van der Waals surface area contributed by atoms with Gasteiger partial charge in [0.15, 0.2) is 0 Å². The van der Waals surface area contributed by atoms with Crippen LogP contribution in [-0.2, 0) is 20.9 Å². The van der Waals surface area contributed by atoms with Crippen molar-refractivity contribution < 1.29 is 14.3 Å². The number of carbonyl (C=O) groups is 1. The Morgan fingerprint density at radius 1 is 1.38 bits per heavy atom. The van der Waals surface area contributed by atoms with Gasteiger partial charge in [-0.15, -0.1) is 0 Å². The number of ether oxygens (including phenoxy) is 2. The predicted octanol–water partition coefficient (Wildman–Crippen LogP) is 1.81. The Morgan fingerprint density at radius 3 is 2.81 bits per heavy atom. The number of rotatable bonds is 6. The highest BCUT2D eigenvalue weighted by Gasteiger charge is 2.04. The van der Waals surface area contributed by atoms with Gasteiger partial charge in [-0.05, 0) is 13.0 Å². The zero-order chi connectivity index (χ0) is 11.8. The third-order valence-corrected chi connectivity index (χ3v) is 2.05. The lowest BCUT2D eigenvalue weighted by Gasteiger charge is -2.10. The minimum Gasteiger partial charge on any atom is -0.465 e. The summed E-state index contributed by atoms with van der Waals surface area (Å²) in [4.78, 5) is 11.2. The van der Waals surface area contributed by atoms with Crippen LogP contribution in [0.2, 0.25) is 0 Å². The van der Waals surface area contributed by atoms with Gasteiger partial charge in [0.1, 0.15) is 6.54 Å². The summed E-state index contributed by atoms with van der Waals surface area (Å²) in [5.41, 5.74) is 1.92.